The van der Waals surface area contributed by atoms with Gasteiger partial charge in [0.15, 0.2) is 0 Å². The molecule has 2 N–H and O–H groups in total. The van der Waals surface area contributed by atoms with Crippen molar-refractivity contribution in [2.75, 3.05) is 32.8 Å². The molecular formula is C24H27N3O3. The molecule has 1 saturated heterocycles. The average molecular weight is 405 g/mol. The number of pyridine rings is 1. The lowest BCUT2D eigenvalue weighted by Crippen LogP contribution is -2.50. The van der Waals surface area contributed by atoms with Gasteiger partial charge in [-0.2, -0.15) is 0 Å². The summed E-state index contributed by atoms with van der Waals surface area (Å²) in [5.41, 5.74) is 4.29. The number of benzene rings is 2. The third kappa shape index (κ3) is 4.96. The number of rotatable bonds is 6. The number of aryl methyl sites for hydroxylation is 2. The summed E-state index contributed by atoms with van der Waals surface area (Å²) in [5, 5.41) is 15.3. The number of hydrogen-bond acceptors (Lipinski definition) is 5. The smallest absolute Gasteiger partial charge is 0.234 e. The van der Waals surface area contributed by atoms with E-state index in [1.54, 1.807) is 0 Å². The van der Waals surface area contributed by atoms with Gasteiger partial charge in [-0.15, -0.1) is 0 Å². The van der Waals surface area contributed by atoms with Gasteiger partial charge in [0.05, 0.1) is 6.54 Å². The van der Waals surface area contributed by atoms with E-state index in [-0.39, 0.29) is 12.5 Å². The lowest BCUT2D eigenvalue weighted by Gasteiger charge is -2.28. The van der Waals surface area contributed by atoms with Crippen molar-refractivity contribution >= 4 is 16.7 Å². The van der Waals surface area contributed by atoms with Gasteiger partial charge in [-0.1, -0.05) is 18.2 Å². The van der Waals surface area contributed by atoms with Crippen LogP contribution in [0.3, 0.4) is 0 Å². The summed E-state index contributed by atoms with van der Waals surface area (Å²) in [6, 6.07) is 16.5. The molecule has 2 aromatic carbocycles. The van der Waals surface area contributed by atoms with Crippen molar-refractivity contribution in [3.63, 3.8) is 0 Å². The molecule has 6 nitrogen and oxygen atoms in total. The summed E-state index contributed by atoms with van der Waals surface area (Å²) in [7, 11) is 0. The zero-order chi connectivity index (χ0) is 21.1. The second-order valence-corrected chi connectivity index (χ2v) is 7.91. The summed E-state index contributed by atoms with van der Waals surface area (Å²) in [6.45, 7) is 6.31. The second-order valence-electron chi connectivity index (χ2n) is 7.91. The number of ether oxygens (including phenoxy) is 1. The molecule has 3 aromatic rings. The molecular weight excluding hydrogens is 378 g/mol. The Hall–Kier alpha value is -2.96. The number of fused-ring (bicyclic) bond motifs is 1. The van der Waals surface area contributed by atoms with Crippen LogP contribution >= 0.6 is 0 Å². The van der Waals surface area contributed by atoms with Gasteiger partial charge >= 0.3 is 0 Å². The van der Waals surface area contributed by atoms with Crippen molar-refractivity contribution in [3.05, 3.63) is 59.9 Å². The number of piperazine rings is 1. The van der Waals surface area contributed by atoms with Crippen LogP contribution in [0.4, 0.5) is 0 Å². The van der Waals surface area contributed by atoms with Crippen LogP contribution < -0.4 is 10.1 Å². The second kappa shape index (κ2) is 8.81. The van der Waals surface area contributed by atoms with Crippen molar-refractivity contribution in [2.24, 2.45) is 0 Å². The molecule has 1 fully saturated rings. The zero-order valence-electron chi connectivity index (χ0n) is 17.4. The molecule has 30 heavy (non-hydrogen) atoms. The first-order valence-electron chi connectivity index (χ1n) is 10.3. The van der Waals surface area contributed by atoms with Gasteiger partial charge in [0.25, 0.3) is 0 Å². The average Bonchev–Trinajstić information content (AvgIpc) is 2.71. The molecule has 2 heterocycles. The van der Waals surface area contributed by atoms with Crippen molar-refractivity contribution in [2.45, 2.75) is 20.0 Å². The van der Waals surface area contributed by atoms with E-state index >= 15 is 0 Å². The monoisotopic (exact) mass is 405 g/mol. The van der Waals surface area contributed by atoms with E-state index in [0.717, 1.165) is 45.6 Å². The first-order chi connectivity index (χ1) is 14.5. The molecule has 0 saturated carbocycles. The standard InChI is InChI=1S/C24H27N3O3/c1-16-9-20(10-17(2)26-16)19-4-3-18-5-6-23(12-21(18)11-19)30-15-22(28)13-27-8-7-25-24(29)14-27/h3-6,9-12,22,28H,7-8,13-15H2,1-2H3,(H,25,29). The van der Waals surface area contributed by atoms with Gasteiger partial charge in [0.2, 0.25) is 5.91 Å². The molecule has 6 heteroatoms. The number of β-amino-alcohol motifs (C(OH)–C–C–N with tert-alkyl or cyclic N) is 1. The molecule has 1 atom stereocenters. The van der Waals surface area contributed by atoms with E-state index in [9.17, 15) is 9.90 Å². The summed E-state index contributed by atoms with van der Waals surface area (Å²) in [5.74, 6) is 0.719. The minimum Gasteiger partial charge on any atom is -0.491 e. The van der Waals surface area contributed by atoms with Crippen LogP contribution in [0.1, 0.15) is 11.4 Å². The Kier molecular flexibility index (Phi) is 5.97. The van der Waals surface area contributed by atoms with Crippen LogP contribution in [-0.4, -0.2) is 59.8 Å². The van der Waals surface area contributed by atoms with Crippen molar-refractivity contribution in [1.29, 1.82) is 0 Å². The van der Waals surface area contributed by atoms with Gasteiger partial charge in [-0.05, 0) is 66.1 Å². The number of nitrogens with one attached hydrogen (secondary N) is 1. The van der Waals surface area contributed by atoms with E-state index < -0.39 is 6.10 Å². The van der Waals surface area contributed by atoms with Gasteiger partial charge in [0, 0.05) is 31.0 Å². The molecule has 0 bridgehead atoms. The molecule has 1 aromatic heterocycles. The van der Waals surface area contributed by atoms with E-state index in [0.29, 0.717) is 19.6 Å². The van der Waals surface area contributed by atoms with Crippen molar-refractivity contribution < 1.29 is 14.6 Å². The highest BCUT2D eigenvalue weighted by Gasteiger charge is 2.19. The van der Waals surface area contributed by atoms with E-state index in [4.69, 9.17) is 4.74 Å². The maximum Gasteiger partial charge on any atom is 0.234 e. The number of aromatic nitrogens is 1. The Morgan fingerprint density at radius 3 is 2.60 bits per heavy atom. The third-order valence-corrected chi connectivity index (χ3v) is 5.26. The van der Waals surface area contributed by atoms with Crippen molar-refractivity contribution in [3.8, 4) is 16.9 Å². The quantitative estimate of drug-likeness (QED) is 0.660. The number of amides is 1. The number of carbonyl (C=O) groups excluding carboxylic acids is 1. The minimum atomic E-state index is -0.652. The number of aliphatic hydroxyl groups excluding tert-OH is 1. The molecule has 1 amide bonds. The van der Waals surface area contributed by atoms with Crippen LogP contribution in [0.15, 0.2) is 48.5 Å². The van der Waals surface area contributed by atoms with Crippen LogP contribution in [0, 0.1) is 13.8 Å². The highest BCUT2D eigenvalue weighted by Crippen LogP contribution is 2.28. The fourth-order valence-corrected chi connectivity index (χ4v) is 3.89. The van der Waals surface area contributed by atoms with Gasteiger partial charge < -0.3 is 15.2 Å². The van der Waals surface area contributed by atoms with Crippen LogP contribution in [-0.2, 0) is 4.79 Å². The first-order valence-corrected chi connectivity index (χ1v) is 10.3. The molecule has 1 aliphatic rings. The molecule has 156 valence electrons. The Morgan fingerprint density at radius 2 is 1.83 bits per heavy atom. The third-order valence-electron chi connectivity index (χ3n) is 5.26. The summed E-state index contributed by atoms with van der Waals surface area (Å²) < 4.78 is 5.84. The molecule has 0 radical (unpaired) electrons. The van der Waals surface area contributed by atoms with Gasteiger partial charge in [-0.3, -0.25) is 14.7 Å². The summed E-state index contributed by atoms with van der Waals surface area (Å²) in [6.07, 6.45) is -0.652. The van der Waals surface area contributed by atoms with Gasteiger partial charge in [0.1, 0.15) is 18.5 Å². The van der Waals surface area contributed by atoms with Crippen LogP contribution in [0.2, 0.25) is 0 Å². The Balaban J connectivity index is 1.45. The van der Waals surface area contributed by atoms with Crippen LogP contribution in [0.5, 0.6) is 5.75 Å². The topological polar surface area (TPSA) is 74.7 Å². The lowest BCUT2D eigenvalue weighted by molar-refractivity contribution is -0.124. The highest BCUT2D eigenvalue weighted by molar-refractivity contribution is 5.88. The molecule has 4 rings (SSSR count). The molecule has 1 unspecified atom stereocenters. The predicted molar refractivity (Wildman–Crippen MR) is 118 cm³/mol. The van der Waals surface area contributed by atoms with Gasteiger partial charge in [-0.25, -0.2) is 0 Å². The molecule has 1 aliphatic heterocycles. The van der Waals surface area contributed by atoms with E-state index in [1.807, 2.05) is 36.9 Å². The predicted octanol–water partition coefficient (Wildman–Crippen LogP) is 2.69. The SMILES string of the molecule is Cc1cc(-c2ccc3ccc(OCC(O)CN4CCNC(=O)C4)cc3c2)cc(C)n1. The minimum absolute atomic E-state index is 0.000661. The molecule has 0 aliphatic carbocycles. The maximum absolute atomic E-state index is 11.5. The van der Waals surface area contributed by atoms with Crippen molar-refractivity contribution in [1.82, 2.24) is 15.2 Å². The fourth-order valence-electron chi connectivity index (χ4n) is 3.89. The number of hydrogen-bond donors (Lipinski definition) is 2. The maximum atomic E-state index is 11.5. The van der Waals surface area contributed by atoms with E-state index in [2.05, 4.69) is 40.6 Å². The largest absolute Gasteiger partial charge is 0.491 e. The Bertz CT molecular complexity index is 1050. The molecule has 0 spiro atoms. The number of aliphatic hydroxyl groups is 1. The summed E-state index contributed by atoms with van der Waals surface area (Å²) >= 11 is 0. The Morgan fingerprint density at radius 1 is 1.07 bits per heavy atom. The number of nitrogens with zero attached hydrogens (tertiary/aromatic N) is 2. The van der Waals surface area contributed by atoms with E-state index in [1.165, 1.54) is 0 Å². The first kappa shape index (κ1) is 20.3. The number of carbonyl (C=O) groups is 1. The zero-order valence-corrected chi connectivity index (χ0v) is 17.4. The Labute approximate surface area is 176 Å². The fraction of sp³-hybridized carbons (Fsp3) is 0.333. The normalized spacial score (nSPS) is 15.8. The highest BCUT2D eigenvalue weighted by atomic mass is 16.5. The lowest BCUT2D eigenvalue weighted by atomic mass is 10.0. The van der Waals surface area contributed by atoms with Crippen LogP contribution in [0.25, 0.3) is 21.9 Å². The summed E-state index contributed by atoms with van der Waals surface area (Å²) in [4.78, 5) is 17.9.